The standard InChI is InChI=1S/C21H13Cl2N5O6/c22-12-7-11(28-21(33)26-18(30)16(27-28)19(31)32)8-13(23)17(12)34-20-24-9-15(29)14(25-20)6-10-4-2-1-3-5-10/h1-5,7-9,29H,6H2,(H,31,32)(H,26,30,33). The number of ether oxygens (including phenoxy) is 1. The van der Waals surface area contributed by atoms with Gasteiger partial charge in [-0.25, -0.2) is 9.59 Å². The Hall–Kier alpha value is -4.22. The summed E-state index contributed by atoms with van der Waals surface area (Å²) in [5.74, 6) is -1.80. The van der Waals surface area contributed by atoms with E-state index in [0.29, 0.717) is 16.8 Å². The Morgan fingerprint density at radius 3 is 2.44 bits per heavy atom. The molecule has 34 heavy (non-hydrogen) atoms. The number of aromatic hydroxyl groups is 1. The SMILES string of the molecule is O=C(O)c1nn(-c2cc(Cl)c(Oc3ncc(O)c(Cc4ccccc4)n3)c(Cl)c2)c(=O)[nH]c1=O. The first-order valence-corrected chi connectivity index (χ1v) is 10.2. The zero-order valence-corrected chi connectivity index (χ0v) is 18.4. The first-order valence-electron chi connectivity index (χ1n) is 9.46. The number of nitrogens with zero attached hydrogens (tertiary/aromatic N) is 4. The van der Waals surface area contributed by atoms with Crippen molar-refractivity contribution in [1.82, 2.24) is 24.7 Å². The quantitative estimate of drug-likeness (QED) is 0.360. The molecule has 0 saturated carbocycles. The molecule has 2 aromatic carbocycles. The summed E-state index contributed by atoms with van der Waals surface area (Å²) in [5, 5.41) is 22.6. The van der Waals surface area contributed by atoms with Gasteiger partial charge in [-0.3, -0.25) is 9.78 Å². The van der Waals surface area contributed by atoms with Gasteiger partial charge in [-0.2, -0.15) is 19.7 Å². The number of nitrogens with one attached hydrogen (secondary N) is 1. The first-order chi connectivity index (χ1) is 16.2. The van der Waals surface area contributed by atoms with Crippen molar-refractivity contribution in [2.45, 2.75) is 6.42 Å². The van der Waals surface area contributed by atoms with Gasteiger partial charge in [-0.05, 0) is 17.7 Å². The number of carbonyl (C=O) groups is 1. The molecule has 0 fully saturated rings. The van der Waals surface area contributed by atoms with Gasteiger partial charge < -0.3 is 14.9 Å². The van der Waals surface area contributed by atoms with Crippen LogP contribution in [0, 0.1) is 0 Å². The summed E-state index contributed by atoms with van der Waals surface area (Å²) < 4.78 is 6.24. The molecule has 172 valence electrons. The molecule has 2 heterocycles. The van der Waals surface area contributed by atoms with E-state index in [4.69, 9.17) is 33.0 Å². The lowest BCUT2D eigenvalue weighted by atomic mass is 10.1. The van der Waals surface area contributed by atoms with Crippen LogP contribution in [0.15, 0.2) is 58.3 Å². The van der Waals surface area contributed by atoms with Crippen LogP contribution in [-0.2, 0) is 6.42 Å². The normalized spacial score (nSPS) is 10.8. The van der Waals surface area contributed by atoms with Gasteiger partial charge in [-0.1, -0.05) is 53.5 Å². The molecule has 0 aliphatic heterocycles. The van der Waals surface area contributed by atoms with E-state index in [2.05, 4.69) is 15.1 Å². The highest BCUT2D eigenvalue weighted by Crippen LogP contribution is 2.37. The van der Waals surface area contributed by atoms with Crippen LogP contribution in [0.25, 0.3) is 5.69 Å². The number of rotatable bonds is 6. The van der Waals surface area contributed by atoms with E-state index in [-0.39, 0.29) is 33.2 Å². The van der Waals surface area contributed by atoms with Crippen molar-refractivity contribution in [1.29, 1.82) is 0 Å². The first kappa shape index (κ1) is 23.0. The maximum absolute atomic E-state index is 12.1. The lowest BCUT2D eigenvalue weighted by Gasteiger charge is -2.12. The molecule has 0 atom stereocenters. The Kier molecular flexibility index (Phi) is 6.30. The van der Waals surface area contributed by atoms with E-state index in [1.165, 1.54) is 18.3 Å². The molecule has 0 aliphatic carbocycles. The summed E-state index contributed by atoms with van der Waals surface area (Å²) in [6.45, 7) is 0. The number of halogens is 2. The van der Waals surface area contributed by atoms with E-state index in [1.54, 1.807) is 0 Å². The van der Waals surface area contributed by atoms with Gasteiger partial charge in [0.15, 0.2) is 11.5 Å². The molecular weight excluding hydrogens is 489 g/mol. The van der Waals surface area contributed by atoms with E-state index in [9.17, 15) is 19.5 Å². The third-order valence-electron chi connectivity index (χ3n) is 4.49. The summed E-state index contributed by atoms with van der Waals surface area (Å²) in [4.78, 5) is 44.9. The van der Waals surface area contributed by atoms with E-state index >= 15 is 0 Å². The highest BCUT2D eigenvalue weighted by Gasteiger charge is 2.19. The number of hydrogen-bond donors (Lipinski definition) is 3. The maximum atomic E-state index is 12.1. The zero-order valence-electron chi connectivity index (χ0n) is 16.9. The number of aromatic amines is 1. The van der Waals surface area contributed by atoms with Gasteiger partial charge in [0.25, 0.3) is 5.56 Å². The molecule has 0 aliphatic rings. The van der Waals surface area contributed by atoms with Crippen LogP contribution < -0.4 is 16.0 Å². The topological polar surface area (TPSA) is 160 Å². The second kappa shape index (κ2) is 9.33. The second-order valence-electron chi connectivity index (χ2n) is 6.81. The van der Waals surface area contributed by atoms with Crippen molar-refractivity contribution >= 4 is 29.2 Å². The van der Waals surface area contributed by atoms with Crippen LogP contribution in [-0.4, -0.2) is 40.9 Å². The molecule has 0 bridgehead atoms. The van der Waals surface area contributed by atoms with Gasteiger partial charge in [0.05, 0.1) is 27.6 Å². The number of aromatic nitrogens is 5. The molecule has 3 N–H and O–H groups in total. The molecule has 4 rings (SSSR count). The largest absolute Gasteiger partial charge is 0.504 e. The number of H-pyrrole nitrogens is 1. The minimum atomic E-state index is -1.62. The molecule has 0 unspecified atom stereocenters. The Balaban J connectivity index is 1.67. The van der Waals surface area contributed by atoms with Crippen LogP contribution >= 0.6 is 23.2 Å². The van der Waals surface area contributed by atoms with Gasteiger partial charge >= 0.3 is 17.7 Å². The highest BCUT2D eigenvalue weighted by molar-refractivity contribution is 6.37. The molecule has 2 aromatic heterocycles. The fourth-order valence-electron chi connectivity index (χ4n) is 2.93. The number of benzene rings is 2. The number of aromatic carboxylic acids is 1. The van der Waals surface area contributed by atoms with E-state index < -0.39 is 22.9 Å². The van der Waals surface area contributed by atoms with Crippen LogP contribution in [0.1, 0.15) is 21.7 Å². The van der Waals surface area contributed by atoms with Crippen molar-refractivity contribution in [3.63, 3.8) is 0 Å². The predicted octanol–water partition coefficient (Wildman–Crippen LogP) is 2.80. The van der Waals surface area contributed by atoms with Gasteiger partial charge in [0, 0.05) is 6.42 Å². The number of carboxylic acids is 1. The number of hydrogen-bond acceptors (Lipinski definition) is 8. The summed E-state index contributed by atoms with van der Waals surface area (Å²) in [7, 11) is 0. The average Bonchev–Trinajstić information content (AvgIpc) is 2.78. The van der Waals surface area contributed by atoms with Crippen molar-refractivity contribution in [3.8, 4) is 23.2 Å². The molecular formula is C21H13Cl2N5O6. The minimum Gasteiger partial charge on any atom is -0.504 e. The minimum absolute atomic E-state index is 0.0255. The highest BCUT2D eigenvalue weighted by atomic mass is 35.5. The van der Waals surface area contributed by atoms with E-state index in [0.717, 1.165) is 5.56 Å². The average molecular weight is 502 g/mol. The molecule has 4 aromatic rings. The summed E-state index contributed by atoms with van der Waals surface area (Å²) in [6, 6.07) is 11.6. The molecule has 11 nitrogen and oxygen atoms in total. The predicted molar refractivity (Wildman–Crippen MR) is 120 cm³/mol. The van der Waals surface area contributed by atoms with E-state index in [1.807, 2.05) is 35.3 Å². The number of carboxylic acid groups (broad SMARTS) is 1. The van der Waals surface area contributed by atoms with Crippen molar-refractivity contribution in [2.24, 2.45) is 0 Å². The van der Waals surface area contributed by atoms with Gasteiger partial charge in [-0.15, -0.1) is 0 Å². The Labute approximate surface area is 199 Å². The lowest BCUT2D eigenvalue weighted by Crippen LogP contribution is -2.35. The van der Waals surface area contributed by atoms with Crippen molar-refractivity contribution in [3.05, 3.63) is 96.5 Å². The van der Waals surface area contributed by atoms with Gasteiger partial charge in [0.2, 0.25) is 5.69 Å². The van der Waals surface area contributed by atoms with Crippen LogP contribution in [0.4, 0.5) is 0 Å². The molecule has 0 saturated heterocycles. The summed E-state index contributed by atoms with van der Waals surface area (Å²) >= 11 is 12.6. The summed E-state index contributed by atoms with van der Waals surface area (Å²) in [5.41, 5.74) is -1.85. The third kappa shape index (κ3) is 4.75. The fraction of sp³-hybridized carbons (Fsp3) is 0.0476. The Morgan fingerprint density at radius 1 is 1.12 bits per heavy atom. The summed E-state index contributed by atoms with van der Waals surface area (Å²) in [6.07, 6.45) is 1.49. The van der Waals surface area contributed by atoms with Crippen LogP contribution in [0.3, 0.4) is 0 Å². The van der Waals surface area contributed by atoms with Crippen LogP contribution in [0.2, 0.25) is 10.0 Å². The lowest BCUT2D eigenvalue weighted by molar-refractivity contribution is 0.0685. The molecule has 0 spiro atoms. The fourth-order valence-corrected chi connectivity index (χ4v) is 3.49. The maximum Gasteiger partial charge on any atom is 0.362 e. The van der Waals surface area contributed by atoms with Crippen LogP contribution in [0.5, 0.6) is 17.5 Å². The van der Waals surface area contributed by atoms with Crippen molar-refractivity contribution < 1.29 is 19.7 Å². The molecule has 0 amide bonds. The smallest absolute Gasteiger partial charge is 0.362 e. The molecule has 0 radical (unpaired) electrons. The Morgan fingerprint density at radius 2 is 1.79 bits per heavy atom. The monoisotopic (exact) mass is 501 g/mol. The van der Waals surface area contributed by atoms with Crippen molar-refractivity contribution in [2.75, 3.05) is 0 Å². The van der Waals surface area contributed by atoms with Gasteiger partial charge in [0.1, 0.15) is 0 Å². The zero-order chi connectivity index (χ0) is 24.4. The second-order valence-corrected chi connectivity index (χ2v) is 7.63. The molecule has 13 heteroatoms. The Bertz CT molecular complexity index is 1500. The third-order valence-corrected chi connectivity index (χ3v) is 5.05.